The van der Waals surface area contributed by atoms with E-state index in [9.17, 15) is 4.79 Å². The molecule has 0 saturated heterocycles. The third kappa shape index (κ3) is 3.22. The van der Waals surface area contributed by atoms with Crippen LogP contribution in [0.15, 0.2) is 36.7 Å². The van der Waals surface area contributed by atoms with Crippen molar-refractivity contribution in [2.45, 2.75) is 32.7 Å². The number of nitrogens with one attached hydrogen (secondary N) is 2. The van der Waals surface area contributed by atoms with E-state index in [1.54, 1.807) is 12.4 Å². The maximum Gasteiger partial charge on any atom is 0.251 e. The predicted molar refractivity (Wildman–Crippen MR) is 75.0 cm³/mol. The summed E-state index contributed by atoms with van der Waals surface area (Å²) in [6, 6.07) is 7.58. The highest BCUT2D eigenvalue weighted by molar-refractivity contribution is 5.94. The lowest BCUT2D eigenvalue weighted by molar-refractivity contribution is 0.0938. The second-order valence-corrected chi connectivity index (χ2v) is 4.95. The van der Waals surface area contributed by atoms with Gasteiger partial charge in [0, 0.05) is 18.0 Å². The van der Waals surface area contributed by atoms with Crippen LogP contribution in [0.4, 0.5) is 0 Å². The second-order valence-electron chi connectivity index (χ2n) is 4.95. The number of H-pyrrole nitrogens is 1. The highest BCUT2D eigenvalue weighted by atomic mass is 16.1. The third-order valence-corrected chi connectivity index (χ3v) is 3.12. The van der Waals surface area contributed by atoms with Crippen molar-refractivity contribution in [3.05, 3.63) is 53.6 Å². The number of hydrogen-bond donors (Lipinski definition) is 2. The summed E-state index contributed by atoms with van der Waals surface area (Å²) in [5.74, 6) is 1.14. The summed E-state index contributed by atoms with van der Waals surface area (Å²) in [5, 5.41) is 2.91. The quantitative estimate of drug-likeness (QED) is 0.884. The molecule has 19 heavy (non-hydrogen) atoms. The van der Waals surface area contributed by atoms with Crippen LogP contribution in [-0.4, -0.2) is 15.9 Å². The van der Waals surface area contributed by atoms with Crippen LogP contribution >= 0.6 is 0 Å². The Labute approximate surface area is 113 Å². The topological polar surface area (TPSA) is 57.8 Å². The molecule has 0 aliphatic rings. The lowest BCUT2D eigenvalue weighted by atomic mass is 10.0. The molecule has 0 radical (unpaired) electrons. The molecule has 2 N–H and O–H groups in total. The van der Waals surface area contributed by atoms with E-state index in [2.05, 4.69) is 29.1 Å². The first-order valence-corrected chi connectivity index (χ1v) is 6.48. The zero-order valence-electron chi connectivity index (χ0n) is 11.5. The van der Waals surface area contributed by atoms with Crippen LogP contribution in [0.5, 0.6) is 0 Å². The number of hydrogen-bond acceptors (Lipinski definition) is 2. The van der Waals surface area contributed by atoms with Crippen LogP contribution < -0.4 is 5.32 Å². The molecule has 4 nitrogen and oxygen atoms in total. The van der Waals surface area contributed by atoms with Gasteiger partial charge in [-0.15, -0.1) is 0 Å². The summed E-state index contributed by atoms with van der Waals surface area (Å²) in [7, 11) is 0. The van der Waals surface area contributed by atoms with Gasteiger partial charge in [0.15, 0.2) is 0 Å². The van der Waals surface area contributed by atoms with Gasteiger partial charge < -0.3 is 10.3 Å². The molecule has 0 fully saturated rings. The van der Waals surface area contributed by atoms with Crippen molar-refractivity contribution in [1.29, 1.82) is 0 Å². The molecule has 0 aliphatic heterocycles. The van der Waals surface area contributed by atoms with E-state index in [1.807, 2.05) is 31.2 Å². The minimum Gasteiger partial charge on any atom is -0.347 e. The van der Waals surface area contributed by atoms with Crippen LogP contribution in [0.1, 0.15) is 54.5 Å². The Morgan fingerprint density at radius 1 is 1.21 bits per heavy atom. The molecule has 1 unspecified atom stereocenters. The number of aromatic amines is 1. The number of carbonyl (C=O) groups excluding carboxylic acids is 1. The van der Waals surface area contributed by atoms with Crippen LogP contribution in [0.2, 0.25) is 0 Å². The molecule has 0 saturated carbocycles. The minimum absolute atomic E-state index is 0.0841. The molecule has 1 heterocycles. The number of amides is 1. The Balaban J connectivity index is 2.03. The summed E-state index contributed by atoms with van der Waals surface area (Å²) in [4.78, 5) is 19.2. The van der Waals surface area contributed by atoms with E-state index in [0.717, 1.165) is 5.82 Å². The fourth-order valence-corrected chi connectivity index (χ4v) is 1.88. The molecule has 2 rings (SSSR count). The summed E-state index contributed by atoms with van der Waals surface area (Å²) in [6.45, 7) is 6.17. The first-order chi connectivity index (χ1) is 9.08. The average Bonchev–Trinajstić information content (AvgIpc) is 2.92. The van der Waals surface area contributed by atoms with E-state index >= 15 is 0 Å². The van der Waals surface area contributed by atoms with Crippen molar-refractivity contribution in [2.75, 3.05) is 0 Å². The van der Waals surface area contributed by atoms with E-state index in [1.165, 1.54) is 5.56 Å². The van der Waals surface area contributed by atoms with Gasteiger partial charge in [0.1, 0.15) is 5.82 Å². The third-order valence-electron chi connectivity index (χ3n) is 3.12. The second kappa shape index (κ2) is 5.69. The smallest absolute Gasteiger partial charge is 0.251 e. The molecule has 1 amide bonds. The lowest BCUT2D eigenvalue weighted by Gasteiger charge is -2.12. The van der Waals surface area contributed by atoms with Gasteiger partial charge in [0.25, 0.3) is 5.91 Å². The Hall–Kier alpha value is -2.10. The van der Waals surface area contributed by atoms with Gasteiger partial charge >= 0.3 is 0 Å². The first-order valence-electron chi connectivity index (χ1n) is 6.48. The minimum atomic E-state index is -0.132. The van der Waals surface area contributed by atoms with E-state index < -0.39 is 0 Å². The van der Waals surface area contributed by atoms with Crippen molar-refractivity contribution in [1.82, 2.24) is 15.3 Å². The number of nitrogens with zero attached hydrogens (tertiary/aromatic N) is 1. The molecule has 0 spiro atoms. The molecule has 2 aromatic rings. The molecule has 0 bridgehead atoms. The summed E-state index contributed by atoms with van der Waals surface area (Å²) in [5.41, 5.74) is 1.90. The zero-order chi connectivity index (χ0) is 13.8. The van der Waals surface area contributed by atoms with Crippen LogP contribution in [0.25, 0.3) is 0 Å². The number of carbonyl (C=O) groups is 1. The Bertz CT molecular complexity index is 529. The summed E-state index contributed by atoms with van der Waals surface area (Å²) < 4.78 is 0. The largest absolute Gasteiger partial charge is 0.347 e. The van der Waals surface area contributed by atoms with Gasteiger partial charge in [0.05, 0.1) is 6.04 Å². The molecule has 0 aliphatic carbocycles. The fraction of sp³-hybridized carbons (Fsp3) is 0.333. The van der Waals surface area contributed by atoms with Gasteiger partial charge in [0.2, 0.25) is 0 Å². The van der Waals surface area contributed by atoms with Crippen LogP contribution in [-0.2, 0) is 0 Å². The predicted octanol–water partition coefficient (Wildman–Crippen LogP) is 3.02. The molecular formula is C15H19N3O. The van der Waals surface area contributed by atoms with E-state index in [-0.39, 0.29) is 11.9 Å². The molecule has 1 aromatic carbocycles. The number of imidazole rings is 1. The van der Waals surface area contributed by atoms with Crippen molar-refractivity contribution < 1.29 is 4.79 Å². The molecule has 1 aromatic heterocycles. The van der Waals surface area contributed by atoms with Gasteiger partial charge in [-0.1, -0.05) is 26.0 Å². The Kier molecular flexibility index (Phi) is 4.00. The van der Waals surface area contributed by atoms with Crippen molar-refractivity contribution in [3.8, 4) is 0 Å². The fourth-order valence-electron chi connectivity index (χ4n) is 1.88. The molecule has 100 valence electrons. The maximum atomic E-state index is 12.1. The van der Waals surface area contributed by atoms with Gasteiger partial charge in [-0.25, -0.2) is 4.98 Å². The Morgan fingerprint density at radius 3 is 2.42 bits per heavy atom. The number of aromatic nitrogens is 2. The van der Waals surface area contributed by atoms with Gasteiger partial charge in [-0.05, 0) is 30.5 Å². The standard InChI is InChI=1S/C15H19N3O/c1-10(2)12-4-6-13(7-5-12)15(19)18-11(3)14-16-8-9-17-14/h4-11H,1-3H3,(H,16,17)(H,18,19). The molecule has 4 heteroatoms. The molecular weight excluding hydrogens is 238 g/mol. The summed E-state index contributed by atoms with van der Waals surface area (Å²) in [6.07, 6.45) is 3.42. The van der Waals surface area contributed by atoms with Gasteiger partial charge in [-0.3, -0.25) is 4.79 Å². The Morgan fingerprint density at radius 2 is 1.89 bits per heavy atom. The maximum absolute atomic E-state index is 12.1. The summed E-state index contributed by atoms with van der Waals surface area (Å²) >= 11 is 0. The van der Waals surface area contributed by atoms with E-state index in [4.69, 9.17) is 0 Å². The number of benzene rings is 1. The van der Waals surface area contributed by atoms with Crippen molar-refractivity contribution in [3.63, 3.8) is 0 Å². The molecule has 1 atom stereocenters. The van der Waals surface area contributed by atoms with E-state index in [0.29, 0.717) is 11.5 Å². The zero-order valence-corrected chi connectivity index (χ0v) is 11.5. The lowest BCUT2D eigenvalue weighted by Crippen LogP contribution is -2.27. The van der Waals surface area contributed by atoms with Crippen LogP contribution in [0, 0.1) is 0 Å². The van der Waals surface area contributed by atoms with Crippen molar-refractivity contribution >= 4 is 5.91 Å². The highest BCUT2D eigenvalue weighted by Gasteiger charge is 2.13. The number of rotatable bonds is 4. The first kappa shape index (κ1) is 13.3. The highest BCUT2D eigenvalue weighted by Crippen LogP contribution is 2.15. The SMILES string of the molecule is CC(C)c1ccc(C(=O)NC(C)c2ncc[nH]2)cc1. The normalized spacial score (nSPS) is 12.4. The average molecular weight is 257 g/mol. The van der Waals surface area contributed by atoms with Crippen LogP contribution in [0.3, 0.4) is 0 Å². The monoisotopic (exact) mass is 257 g/mol. The van der Waals surface area contributed by atoms with Crippen molar-refractivity contribution in [2.24, 2.45) is 0 Å². The van der Waals surface area contributed by atoms with Gasteiger partial charge in [-0.2, -0.15) is 0 Å².